The molecule has 2 aromatic carbocycles. The van der Waals surface area contributed by atoms with Gasteiger partial charge < -0.3 is 14.8 Å². The number of rotatable bonds is 5. The smallest absolute Gasteiger partial charge is 0.273 e. The Labute approximate surface area is 143 Å². The molecule has 1 aromatic heterocycles. The molecule has 0 aliphatic carbocycles. The molecule has 0 aliphatic rings. The molecule has 0 saturated carbocycles. The van der Waals surface area contributed by atoms with E-state index >= 15 is 0 Å². The summed E-state index contributed by atoms with van der Waals surface area (Å²) < 4.78 is 23.4. The molecule has 0 saturated heterocycles. The number of benzene rings is 2. The number of nitrogens with one attached hydrogen (secondary N) is 2. The highest BCUT2D eigenvalue weighted by atomic mass is 19.1. The predicted molar refractivity (Wildman–Crippen MR) is 91.5 cm³/mol. The molecule has 0 radical (unpaired) electrons. The summed E-state index contributed by atoms with van der Waals surface area (Å²) in [6, 6.07) is 12.5. The van der Waals surface area contributed by atoms with Crippen LogP contribution >= 0.6 is 0 Å². The van der Waals surface area contributed by atoms with Crippen LogP contribution in [0.2, 0.25) is 0 Å². The second-order valence-electron chi connectivity index (χ2n) is 5.19. The van der Waals surface area contributed by atoms with Gasteiger partial charge in [-0.1, -0.05) is 0 Å². The first-order valence-electron chi connectivity index (χ1n) is 7.45. The van der Waals surface area contributed by atoms with Crippen LogP contribution in [0.25, 0.3) is 11.3 Å². The van der Waals surface area contributed by atoms with E-state index in [1.54, 1.807) is 38.5 Å². The Morgan fingerprint density at radius 2 is 1.84 bits per heavy atom. The Kier molecular flexibility index (Phi) is 4.65. The van der Waals surface area contributed by atoms with E-state index in [0.717, 1.165) is 5.56 Å². The second-order valence-corrected chi connectivity index (χ2v) is 5.19. The third-order valence-electron chi connectivity index (χ3n) is 3.61. The number of aromatic nitrogens is 2. The number of H-pyrrole nitrogens is 1. The number of nitrogens with zero attached hydrogens (tertiary/aromatic N) is 1. The van der Waals surface area contributed by atoms with Crippen LogP contribution in [0.3, 0.4) is 0 Å². The molecule has 2 N–H and O–H groups in total. The summed E-state index contributed by atoms with van der Waals surface area (Å²) in [4.78, 5) is 12.3. The summed E-state index contributed by atoms with van der Waals surface area (Å²) in [5, 5.41) is 9.52. The van der Waals surface area contributed by atoms with E-state index in [2.05, 4.69) is 15.5 Å². The molecule has 1 amide bonds. The van der Waals surface area contributed by atoms with Crippen LogP contribution in [0.1, 0.15) is 10.5 Å². The van der Waals surface area contributed by atoms with Crippen LogP contribution in [0.5, 0.6) is 11.5 Å². The first-order chi connectivity index (χ1) is 12.1. The summed E-state index contributed by atoms with van der Waals surface area (Å²) in [6.07, 6.45) is 0. The first-order valence-corrected chi connectivity index (χ1v) is 7.45. The van der Waals surface area contributed by atoms with Gasteiger partial charge in [-0.2, -0.15) is 5.10 Å². The van der Waals surface area contributed by atoms with E-state index in [-0.39, 0.29) is 17.4 Å². The van der Waals surface area contributed by atoms with Gasteiger partial charge in [0, 0.05) is 17.3 Å². The van der Waals surface area contributed by atoms with Gasteiger partial charge in [0.2, 0.25) is 0 Å². The molecule has 0 aliphatic heterocycles. The van der Waals surface area contributed by atoms with E-state index in [0.29, 0.717) is 22.9 Å². The Bertz CT molecular complexity index is 891. The molecular weight excluding hydrogens is 325 g/mol. The summed E-state index contributed by atoms with van der Waals surface area (Å²) in [6.45, 7) is 0. The lowest BCUT2D eigenvalue weighted by Gasteiger charge is -2.08. The quantitative estimate of drug-likeness (QED) is 0.745. The van der Waals surface area contributed by atoms with Gasteiger partial charge in [-0.05, 0) is 42.5 Å². The van der Waals surface area contributed by atoms with Gasteiger partial charge in [-0.15, -0.1) is 0 Å². The fourth-order valence-corrected chi connectivity index (χ4v) is 2.32. The highest BCUT2D eigenvalue weighted by Crippen LogP contribution is 2.32. The van der Waals surface area contributed by atoms with Crippen molar-refractivity contribution in [2.45, 2.75) is 0 Å². The Morgan fingerprint density at radius 1 is 1.08 bits per heavy atom. The van der Waals surface area contributed by atoms with Crippen LogP contribution in [0.4, 0.5) is 10.1 Å². The lowest BCUT2D eigenvalue weighted by atomic mass is 10.1. The van der Waals surface area contributed by atoms with Gasteiger partial charge in [-0.25, -0.2) is 4.39 Å². The molecule has 6 nitrogen and oxygen atoms in total. The average Bonchev–Trinajstić information content (AvgIpc) is 3.13. The molecule has 3 aromatic rings. The summed E-state index contributed by atoms with van der Waals surface area (Å²) in [7, 11) is 3.12. The zero-order chi connectivity index (χ0) is 17.8. The number of ether oxygens (including phenoxy) is 2. The number of halogens is 1. The minimum absolute atomic E-state index is 0.275. The maximum Gasteiger partial charge on any atom is 0.273 e. The average molecular weight is 341 g/mol. The van der Waals surface area contributed by atoms with Crippen LogP contribution in [-0.2, 0) is 0 Å². The summed E-state index contributed by atoms with van der Waals surface area (Å²) >= 11 is 0. The number of amides is 1. The van der Waals surface area contributed by atoms with Crippen molar-refractivity contribution in [2.75, 3.05) is 19.5 Å². The maximum atomic E-state index is 12.9. The number of aromatic amines is 1. The van der Waals surface area contributed by atoms with Gasteiger partial charge in [-0.3, -0.25) is 9.89 Å². The van der Waals surface area contributed by atoms with E-state index in [4.69, 9.17) is 9.47 Å². The maximum absolute atomic E-state index is 12.9. The predicted octanol–water partition coefficient (Wildman–Crippen LogP) is 3.49. The number of hydrogen-bond acceptors (Lipinski definition) is 4. The van der Waals surface area contributed by atoms with Crippen LogP contribution in [0, 0.1) is 5.82 Å². The highest BCUT2D eigenvalue weighted by Gasteiger charge is 2.15. The van der Waals surface area contributed by atoms with Gasteiger partial charge in [0.25, 0.3) is 5.91 Å². The van der Waals surface area contributed by atoms with Crippen molar-refractivity contribution in [1.82, 2.24) is 10.2 Å². The largest absolute Gasteiger partial charge is 0.497 e. The molecule has 7 heteroatoms. The van der Waals surface area contributed by atoms with Gasteiger partial charge in [0.05, 0.1) is 19.9 Å². The van der Waals surface area contributed by atoms with Crippen LogP contribution in [-0.4, -0.2) is 30.3 Å². The number of carbonyl (C=O) groups excluding carboxylic acids is 1. The lowest BCUT2D eigenvalue weighted by molar-refractivity contribution is 0.102. The van der Waals surface area contributed by atoms with Gasteiger partial charge in [0.15, 0.2) is 0 Å². The van der Waals surface area contributed by atoms with Crippen molar-refractivity contribution in [3.05, 3.63) is 60.0 Å². The van der Waals surface area contributed by atoms with Gasteiger partial charge >= 0.3 is 0 Å². The van der Waals surface area contributed by atoms with Crippen LogP contribution < -0.4 is 14.8 Å². The molecule has 25 heavy (non-hydrogen) atoms. The fraction of sp³-hybridized carbons (Fsp3) is 0.111. The minimum atomic E-state index is -0.377. The van der Waals surface area contributed by atoms with Crippen molar-refractivity contribution >= 4 is 11.6 Å². The molecule has 0 bridgehead atoms. The van der Waals surface area contributed by atoms with Crippen molar-refractivity contribution < 1.29 is 18.7 Å². The highest BCUT2D eigenvalue weighted by molar-refractivity contribution is 6.03. The topological polar surface area (TPSA) is 76.2 Å². The zero-order valence-corrected chi connectivity index (χ0v) is 13.7. The lowest BCUT2D eigenvalue weighted by Crippen LogP contribution is -2.12. The van der Waals surface area contributed by atoms with E-state index in [1.807, 2.05) is 0 Å². The van der Waals surface area contributed by atoms with E-state index in [9.17, 15) is 9.18 Å². The molecular formula is C18H16FN3O3. The second kappa shape index (κ2) is 7.04. The minimum Gasteiger partial charge on any atom is -0.497 e. The monoisotopic (exact) mass is 341 g/mol. The molecule has 0 atom stereocenters. The van der Waals surface area contributed by atoms with Gasteiger partial charge in [0.1, 0.15) is 23.0 Å². The molecule has 128 valence electrons. The van der Waals surface area contributed by atoms with Crippen molar-refractivity contribution in [2.24, 2.45) is 0 Å². The molecule has 0 fully saturated rings. The third kappa shape index (κ3) is 3.60. The van der Waals surface area contributed by atoms with Crippen molar-refractivity contribution in [3.8, 4) is 22.8 Å². The number of carbonyl (C=O) groups is 1. The summed E-state index contributed by atoms with van der Waals surface area (Å²) in [5.41, 5.74) is 2.05. The molecule has 1 heterocycles. The fourth-order valence-electron chi connectivity index (χ4n) is 2.32. The number of methoxy groups -OCH3 is 2. The zero-order valence-electron chi connectivity index (χ0n) is 13.7. The standard InChI is InChI=1S/C18H16FN3O3/c1-24-13-7-8-14(17(9-13)25-2)15-10-16(22-21-15)18(23)20-12-5-3-11(19)4-6-12/h3-10H,1-2H3,(H,20,23)(H,21,22). The Morgan fingerprint density at radius 3 is 2.52 bits per heavy atom. The SMILES string of the molecule is COc1ccc(-c2cc(C(=O)Nc3ccc(F)cc3)[nH]n2)c(OC)c1. The number of anilines is 1. The van der Waals surface area contributed by atoms with Crippen LogP contribution in [0.15, 0.2) is 48.5 Å². The number of hydrogen-bond donors (Lipinski definition) is 2. The Hall–Kier alpha value is -3.35. The first kappa shape index (κ1) is 16.5. The summed E-state index contributed by atoms with van der Waals surface area (Å²) in [5.74, 6) is 0.494. The molecule has 3 rings (SSSR count). The molecule has 0 spiro atoms. The molecule has 0 unspecified atom stereocenters. The van der Waals surface area contributed by atoms with Crippen molar-refractivity contribution in [1.29, 1.82) is 0 Å². The van der Waals surface area contributed by atoms with E-state index < -0.39 is 0 Å². The third-order valence-corrected chi connectivity index (χ3v) is 3.61. The Balaban J connectivity index is 1.82. The normalized spacial score (nSPS) is 10.4. The van der Waals surface area contributed by atoms with Crippen molar-refractivity contribution in [3.63, 3.8) is 0 Å². The van der Waals surface area contributed by atoms with E-state index in [1.165, 1.54) is 24.3 Å².